The summed E-state index contributed by atoms with van der Waals surface area (Å²) in [5, 5.41) is 8.75. The van der Waals surface area contributed by atoms with Gasteiger partial charge in [0.05, 0.1) is 11.3 Å². The van der Waals surface area contributed by atoms with Gasteiger partial charge in [0.15, 0.2) is 0 Å². The van der Waals surface area contributed by atoms with Crippen LogP contribution in [0, 0.1) is 0 Å². The van der Waals surface area contributed by atoms with Crippen molar-refractivity contribution >= 4 is 21.7 Å². The number of hydrogen-bond acceptors (Lipinski definition) is 4. The first-order chi connectivity index (χ1) is 9.49. The second-order valence-electron chi connectivity index (χ2n) is 4.10. The molecule has 0 bridgehead atoms. The molecule has 0 fully saturated rings. The van der Waals surface area contributed by atoms with Gasteiger partial charge in [-0.1, -0.05) is 6.92 Å². The molecule has 6 nitrogen and oxygen atoms in total. The fourth-order valence-electron chi connectivity index (χ4n) is 1.62. The lowest BCUT2D eigenvalue weighted by Crippen LogP contribution is -2.39. The third-order valence-electron chi connectivity index (χ3n) is 2.58. The van der Waals surface area contributed by atoms with Crippen molar-refractivity contribution in [1.82, 2.24) is 4.31 Å². The van der Waals surface area contributed by atoms with Crippen molar-refractivity contribution in [1.29, 1.82) is 0 Å². The first kappa shape index (κ1) is 17.2. The van der Waals surface area contributed by atoms with E-state index in [2.05, 4.69) is 0 Å². The van der Waals surface area contributed by atoms with Gasteiger partial charge in [0.1, 0.15) is 11.4 Å². The van der Waals surface area contributed by atoms with Gasteiger partial charge in [0.25, 0.3) is 0 Å². The Hall–Kier alpha value is -1.81. The average Bonchev–Trinajstić information content (AvgIpc) is 2.34. The first-order valence-electron chi connectivity index (χ1n) is 5.68. The SMILES string of the molecule is CCN(CC(F)(F)F)S(=O)(=O)c1ccc(C(=O)O)cc1N. The van der Waals surface area contributed by atoms with Gasteiger partial charge in [-0.25, -0.2) is 13.2 Å². The zero-order valence-corrected chi connectivity index (χ0v) is 11.7. The molecule has 0 saturated carbocycles. The number of aromatic carboxylic acids is 1. The molecule has 0 radical (unpaired) electrons. The van der Waals surface area contributed by atoms with Crippen LogP contribution in [0.25, 0.3) is 0 Å². The van der Waals surface area contributed by atoms with Gasteiger partial charge < -0.3 is 10.8 Å². The van der Waals surface area contributed by atoms with E-state index in [4.69, 9.17) is 10.8 Å². The van der Waals surface area contributed by atoms with E-state index in [-0.39, 0.29) is 9.87 Å². The highest BCUT2D eigenvalue weighted by molar-refractivity contribution is 7.89. The average molecular weight is 326 g/mol. The molecule has 1 rings (SSSR count). The fraction of sp³-hybridized carbons (Fsp3) is 0.364. The smallest absolute Gasteiger partial charge is 0.402 e. The van der Waals surface area contributed by atoms with Crippen molar-refractivity contribution in [2.45, 2.75) is 18.0 Å². The number of nitrogens with two attached hydrogens (primary N) is 1. The predicted octanol–water partition coefficient (Wildman–Crippen LogP) is 1.54. The molecule has 0 atom stereocenters. The van der Waals surface area contributed by atoms with Crippen molar-refractivity contribution in [3.8, 4) is 0 Å². The number of nitrogen functional groups attached to an aromatic ring is 1. The topological polar surface area (TPSA) is 101 Å². The summed E-state index contributed by atoms with van der Waals surface area (Å²) in [6.07, 6.45) is -4.70. The van der Waals surface area contributed by atoms with E-state index in [0.29, 0.717) is 0 Å². The lowest BCUT2D eigenvalue weighted by molar-refractivity contribution is -0.135. The zero-order valence-electron chi connectivity index (χ0n) is 10.9. The molecule has 0 heterocycles. The Balaban J connectivity index is 3.26. The minimum Gasteiger partial charge on any atom is -0.478 e. The summed E-state index contributed by atoms with van der Waals surface area (Å²) in [4.78, 5) is 10.2. The van der Waals surface area contributed by atoms with Crippen LogP contribution in [-0.4, -0.2) is 43.1 Å². The second kappa shape index (κ2) is 5.90. The third kappa shape index (κ3) is 4.08. The highest BCUT2D eigenvalue weighted by Gasteiger charge is 2.36. The minimum absolute atomic E-state index is 0.221. The lowest BCUT2D eigenvalue weighted by Gasteiger charge is -2.22. The highest BCUT2D eigenvalue weighted by atomic mass is 32.2. The Kier molecular flexibility index (Phi) is 4.84. The Morgan fingerprint density at radius 1 is 1.38 bits per heavy atom. The van der Waals surface area contributed by atoms with Crippen molar-refractivity contribution in [2.75, 3.05) is 18.8 Å². The molecule has 0 aromatic heterocycles. The van der Waals surface area contributed by atoms with Crippen LogP contribution in [0.15, 0.2) is 23.1 Å². The van der Waals surface area contributed by atoms with Crippen molar-refractivity contribution in [2.24, 2.45) is 0 Å². The molecule has 0 saturated heterocycles. The predicted molar refractivity (Wildman–Crippen MR) is 68.3 cm³/mol. The van der Waals surface area contributed by atoms with E-state index in [1.165, 1.54) is 6.92 Å². The van der Waals surface area contributed by atoms with E-state index >= 15 is 0 Å². The van der Waals surface area contributed by atoms with Gasteiger partial charge >= 0.3 is 12.1 Å². The number of carboxylic acid groups (broad SMARTS) is 1. The normalized spacial score (nSPS) is 12.6. The molecule has 0 aliphatic heterocycles. The van der Waals surface area contributed by atoms with Crippen molar-refractivity contribution in [3.63, 3.8) is 0 Å². The third-order valence-corrected chi connectivity index (χ3v) is 4.58. The number of carboxylic acids is 1. The number of halogens is 3. The van der Waals surface area contributed by atoms with Crippen LogP contribution >= 0.6 is 0 Å². The monoisotopic (exact) mass is 326 g/mol. The van der Waals surface area contributed by atoms with E-state index in [1.54, 1.807) is 0 Å². The van der Waals surface area contributed by atoms with Crippen LogP contribution in [0.3, 0.4) is 0 Å². The lowest BCUT2D eigenvalue weighted by atomic mass is 10.2. The van der Waals surface area contributed by atoms with E-state index in [1.807, 2.05) is 0 Å². The standard InChI is InChI=1S/C11H13F3N2O4S/c1-2-16(6-11(12,13)14)21(19,20)9-4-3-7(10(17)18)5-8(9)15/h3-5H,2,6,15H2,1H3,(H,17,18). The van der Waals surface area contributed by atoms with Gasteiger partial charge in [-0.15, -0.1) is 0 Å². The van der Waals surface area contributed by atoms with Crippen molar-refractivity contribution < 1.29 is 31.5 Å². The Morgan fingerprint density at radius 3 is 2.33 bits per heavy atom. The van der Waals surface area contributed by atoms with Crippen LogP contribution in [0.2, 0.25) is 0 Å². The molecule has 0 spiro atoms. The van der Waals surface area contributed by atoms with Gasteiger partial charge in [0, 0.05) is 6.54 Å². The van der Waals surface area contributed by atoms with Crippen molar-refractivity contribution in [3.05, 3.63) is 23.8 Å². The first-order valence-corrected chi connectivity index (χ1v) is 7.12. The number of hydrogen-bond donors (Lipinski definition) is 2. The summed E-state index contributed by atoms with van der Waals surface area (Å²) in [6.45, 7) is -0.793. The van der Waals surface area contributed by atoms with Gasteiger partial charge in [-0.3, -0.25) is 0 Å². The second-order valence-corrected chi connectivity index (χ2v) is 6.01. The van der Waals surface area contributed by atoms with Crippen LogP contribution in [0.1, 0.15) is 17.3 Å². The molecular weight excluding hydrogens is 313 g/mol. The molecule has 0 aliphatic carbocycles. The molecule has 0 unspecified atom stereocenters. The maximum absolute atomic E-state index is 12.4. The summed E-state index contributed by atoms with van der Waals surface area (Å²) in [5.74, 6) is -1.33. The van der Waals surface area contributed by atoms with Gasteiger partial charge in [-0.2, -0.15) is 17.5 Å². The van der Waals surface area contributed by atoms with Crippen LogP contribution in [-0.2, 0) is 10.0 Å². The van der Waals surface area contributed by atoms with Crippen LogP contribution in [0.5, 0.6) is 0 Å². The number of sulfonamides is 1. The summed E-state index contributed by atoms with van der Waals surface area (Å²) >= 11 is 0. The Bertz CT molecular complexity index is 643. The van der Waals surface area contributed by atoms with Crippen LogP contribution in [0.4, 0.5) is 18.9 Å². The van der Waals surface area contributed by atoms with E-state index in [0.717, 1.165) is 18.2 Å². The molecule has 118 valence electrons. The molecule has 0 aliphatic rings. The number of carbonyl (C=O) groups is 1. The molecule has 3 N–H and O–H groups in total. The summed E-state index contributed by atoms with van der Waals surface area (Å²) in [6, 6.07) is 2.73. The molecular formula is C11H13F3N2O4S. The van der Waals surface area contributed by atoms with Gasteiger partial charge in [0.2, 0.25) is 10.0 Å². The minimum atomic E-state index is -4.70. The molecule has 21 heavy (non-hydrogen) atoms. The Morgan fingerprint density at radius 2 is 1.95 bits per heavy atom. The van der Waals surface area contributed by atoms with Crippen LogP contribution < -0.4 is 5.73 Å². The van der Waals surface area contributed by atoms with E-state index < -0.39 is 45.8 Å². The number of benzene rings is 1. The Labute approximate surface area is 119 Å². The zero-order chi connectivity index (χ0) is 16.4. The highest BCUT2D eigenvalue weighted by Crippen LogP contribution is 2.26. The number of anilines is 1. The number of nitrogens with zero attached hydrogens (tertiary/aromatic N) is 1. The number of rotatable bonds is 5. The number of alkyl halides is 3. The molecule has 0 amide bonds. The van der Waals surface area contributed by atoms with E-state index in [9.17, 15) is 26.4 Å². The quantitative estimate of drug-likeness (QED) is 0.799. The summed E-state index contributed by atoms with van der Waals surface area (Å²) < 4.78 is 61.7. The maximum atomic E-state index is 12.4. The maximum Gasteiger partial charge on any atom is 0.402 e. The van der Waals surface area contributed by atoms with Gasteiger partial charge in [-0.05, 0) is 18.2 Å². The summed E-state index contributed by atoms with van der Waals surface area (Å²) in [5.41, 5.74) is 4.77. The molecule has 10 heteroatoms. The molecule has 1 aromatic rings. The molecule has 1 aromatic carbocycles. The largest absolute Gasteiger partial charge is 0.478 e. The summed E-state index contributed by atoms with van der Waals surface area (Å²) in [7, 11) is -4.46. The fourth-order valence-corrected chi connectivity index (χ4v) is 3.15.